The number of benzene rings is 1. The minimum atomic E-state index is 0.227. The van der Waals surface area contributed by atoms with Gasteiger partial charge in [0.15, 0.2) is 0 Å². The Kier molecular flexibility index (Phi) is 7.68. The first-order valence-corrected chi connectivity index (χ1v) is 13.3. The van der Waals surface area contributed by atoms with Gasteiger partial charge >= 0.3 is 0 Å². The Balaban J connectivity index is 1.13. The zero-order valence-electron chi connectivity index (χ0n) is 20.0. The third-order valence-electron chi connectivity index (χ3n) is 8.21. The van der Waals surface area contributed by atoms with Crippen LogP contribution < -0.4 is 4.74 Å². The summed E-state index contributed by atoms with van der Waals surface area (Å²) in [6.07, 6.45) is 9.03. The van der Waals surface area contributed by atoms with Crippen molar-refractivity contribution in [1.29, 1.82) is 0 Å². The lowest BCUT2D eigenvalue weighted by Gasteiger charge is -2.44. The fraction of sp³-hybridized carbons (Fsp3) is 0.778. The number of rotatable bonds is 10. The largest absolute Gasteiger partial charge is 0.494 e. The topological polar surface area (TPSA) is 28.2 Å². The second-order valence-corrected chi connectivity index (χ2v) is 10.7. The molecule has 0 amide bonds. The first-order chi connectivity index (χ1) is 15.8. The lowest BCUT2D eigenvalue weighted by molar-refractivity contribution is 0.0238. The highest BCUT2D eigenvalue weighted by Gasteiger charge is 2.37. The van der Waals surface area contributed by atoms with Crippen LogP contribution in [0.5, 0.6) is 5.75 Å². The molecule has 0 atom stereocenters. The van der Waals surface area contributed by atoms with Crippen molar-refractivity contribution >= 4 is 0 Å². The van der Waals surface area contributed by atoms with Gasteiger partial charge in [-0.1, -0.05) is 12.1 Å². The van der Waals surface area contributed by atoms with Crippen LogP contribution in [0.1, 0.15) is 50.5 Å². The second-order valence-electron chi connectivity index (χ2n) is 10.7. The molecule has 3 heterocycles. The van der Waals surface area contributed by atoms with Crippen LogP contribution in [0.15, 0.2) is 24.3 Å². The molecular weight excluding hydrogens is 398 g/mol. The van der Waals surface area contributed by atoms with Gasteiger partial charge in [0, 0.05) is 64.4 Å². The monoisotopic (exact) mass is 441 g/mol. The Bertz CT molecular complexity index is 685. The predicted octanol–water partition coefficient (Wildman–Crippen LogP) is 3.63. The molecule has 3 saturated heterocycles. The fourth-order valence-corrected chi connectivity index (χ4v) is 5.91. The van der Waals surface area contributed by atoms with E-state index in [1.165, 1.54) is 90.1 Å². The van der Waals surface area contributed by atoms with Crippen LogP contribution in [-0.4, -0.2) is 93.4 Å². The summed E-state index contributed by atoms with van der Waals surface area (Å²) < 4.78 is 11.9. The maximum absolute atomic E-state index is 6.07. The lowest BCUT2D eigenvalue weighted by Crippen LogP contribution is -2.52. The van der Waals surface area contributed by atoms with Gasteiger partial charge in [-0.3, -0.25) is 4.90 Å². The molecule has 1 aromatic rings. The molecule has 0 unspecified atom stereocenters. The lowest BCUT2D eigenvalue weighted by atomic mass is 9.73. The van der Waals surface area contributed by atoms with Gasteiger partial charge in [-0.05, 0) is 81.6 Å². The number of ether oxygens (including phenoxy) is 2. The van der Waals surface area contributed by atoms with Gasteiger partial charge in [-0.2, -0.15) is 0 Å². The highest BCUT2D eigenvalue weighted by molar-refractivity contribution is 5.33. The smallest absolute Gasteiger partial charge is 0.119 e. The molecule has 3 aliphatic heterocycles. The molecule has 178 valence electrons. The van der Waals surface area contributed by atoms with Crippen molar-refractivity contribution in [3.63, 3.8) is 0 Å². The molecule has 5 rings (SSSR count). The Hall–Kier alpha value is -1.14. The van der Waals surface area contributed by atoms with E-state index in [4.69, 9.17) is 9.47 Å². The number of hydrogen-bond donors (Lipinski definition) is 0. The van der Waals surface area contributed by atoms with Crippen LogP contribution in [0.4, 0.5) is 0 Å². The Labute approximate surface area is 195 Å². The number of hydrogen-bond acceptors (Lipinski definition) is 5. The molecule has 0 radical (unpaired) electrons. The van der Waals surface area contributed by atoms with Gasteiger partial charge in [0.05, 0.1) is 6.61 Å². The summed E-state index contributed by atoms with van der Waals surface area (Å²) in [7, 11) is 0. The Morgan fingerprint density at radius 3 is 2.22 bits per heavy atom. The molecular formula is C27H43N3O2. The Morgan fingerprint density at radius 1 is 0.844 bits per heavy atom. The minimum Gasteiger partial charge on any atom is -0.494 e. The molecule has 1 aromatic carbocycles. The number of nitrogens with zero attached hydrogens (tertiary/aromatic N) is 3. The standard InChI is InChI=1S/C27H43N3O2/c1-2-13-28(12-1)14-3-19-32-26-8-6-25(7-9-26)27(10-20-31-21-11-27)23-30-17-15-29(16-18-30)22-24-4-5-24/h6-9,24H,1-5,10-23H2. The van der Waals surface area contributed by atoms with Crippen LogP contribution in [0.25, 0.3) is 0 Å². The van der Waals surface area contributed by atoms with Crippen molar-refractivity contribution in [3.05, 3.63) is 29.8 Å². The van der Waals surface area contributed by atoms with Gasteiger partial charge in [-0.15, -0.1) is 0 Å². The zero-order valence-corrected chi connectivity index (χ0v) is 20.0. The summed E-state index contributed by atoms with van der Waals surface area (Å²) in [5.41, 5.74) is 1.70. The summed E-state index contributed by atoms with van der Waals surface area (Å²) in [6, 6.07) is 9.08. The van der Waals surface area contributed by atoms with Crippen LogP contribution in [-0.2, 0) is 10.2 Å². The van der Waals surface area contributed by atoms with Gasteiger partial charge in [0.1, 0.15) is 5.75 Å². The Morgan fingerprint density at radius 2 is 1.53 bits per heavy atom. The molecule has 0 N–H and O–H groups in total. The van der Waals surface area contributed by atoms with E-state index < -0.39 is 0 Å². The van der Waals surface area contributed by atoms with E-state index in [0.29, 0.717) is 0 Å². The van der Waals surface area contributed by atoms with Gasteiger partial charge < -0.3 is 19.3 Å². The van der Waals surface area contributed by atoms with Crippen molar-refractivity contribution in [2.75, 3.05) is 78.7 Å². The molecule has 32 heavy (non-hydrogen) atoms. The van der Waals surface area contributed by atoms with E-state index in [2.05, 4.69) is 39.0 Å². The zero-order chi connectivity index (χ0) is 21.6. The first-order valence-electron chi connectivity index (χ1n) is 13.3. The van der Waals surface area contributed by atoms with Crippen LogP contribution in [0.2, 0.25) is 0 Å². The average Bonchev–Trinajstić information content (AvgIpc) is 3.49. The second kappa shape index (κ2) is 10.9. The molecule has 0 spiro atoms. The van der Waals surface area contributed by atoms with Crippen LogP contribution in [0, 0.1) is 5.92 Å². The van der Waals surface area contributed by atoms with Crippen molar-refractivity contribution in [3.8, 4) is 5.75 Å². The number of piperazine rings is 1. The van der Waals surface area contributed by atoms with E-state index in [9.17, 15) is 0 Å². The average molecular weight is 442 g/mol. The highest BCUT2D eigenvalue weighted by Crippen LogP contribution is 2.37. The maximum atomic E-state index is 6.07. The van der Waals surface area contributed by atoms with E-state index in [0.717, 1.165) is 50.8 Å². The highest BCUT2D eigenvalue weighted by atomic mass is 16.5. The van der Waals surface area contributed by atoms with Crippen molar-refractivity contribution in [2.24, 2.45) is 5.92 Å². The van der Waals surface area contributed by atoms with Crippen molar-refractivity contribution < 1.29 is 9.47 Å². The van der Waals surface area contributed by atoms with Crippen molar-refractivity contribution in [1.82, 2.24) is 14.7 Å². The van der Waals surface area contributed by atoms with E-state index in [1.807, 2.05) is 0 Å². The third kappa shape index (κ3) is 6.05. The molecule has 1 saturated carbocycles. The molecule has 0 bridgehead atoms. The summed E-state index contributed by atoms with van der Waals surface area (Å²) in [5.74, 6) is 2.02. The number of likely N-dealkylation sites (tertiary alicyclic amines) is 1. The maximum Gasteiger partial charge on any atom is 0.119 e. The van der Waals surface area contributed by atoms with Gasteiger partial charge in [0.25, 0.3) is 0 Å². The van der Waals surface area contributed by atoms with E-state index in [-0.39, 0.29) is 5.41 Å². The molecule has 5 nitrogen and oxygen atoms in total. The third-order valence-corrected chi connectivity index (χ3v) is 8.21. The van der Waals surface area contributed by atoms with Crippen LogP contribution in [0.3, 0.4) is 0 Å². The molecule has 4 aliphatic rings. The molecule has 0 aromatic heterocycles. The van der Waals surface area contributed by atoms with E-state index in [1.54, 1.807) is 0 Å². The summed E-state index contributed by atoms with van der Waals surface area (Å²) in [4.78, 5) is 7.98. The molecule has 1 aliphatic carbocycles. The SMILES string of the molecule is c1cc(C2(CN3CCN(CC4CC4)CC3)CCOCC2)ccc1OCCCN1CCCC1. The molecule has 4 fully saturated rings. The van der Waals surface area contributed by atoms with Gasteiger partial charge in [-0.25, -0.2) is 0 Å². The quantitative estimate of drug-likeness (QED) is 0.517. The summed E-state index contributed by atoms with van der Waals surface area (Å²) >= 11 is 0. The predicted molar refractivity (Wildman–Crippen MR) is 130 cm³/mol. The first kappa shape index (κ1) is 22.6. The summed E-state index contributed by atoms with van der Waals surface area (Å²) in [6.45, 7) is 13.7. The van der Waals surface area contributed by atoms with Crippen LogP contribution >= 0.6 is 0 Å². The van der Waals surface area contributed by atoms with E-state index >= 15 is 0 Å². The summed E-state index contributed by atoms with van der Waals surface area (Å²) in [5, 5.41) is 0. The van der Waals surface area contributed by atoms with Gasteiger partial charge in [0.2, 0.25) is 0 Å². The fourth-order valence-electron chi connectivity index (χ4n) is 5.91. The van der Waals surface area contributed by atoms with Crippen molar-refractivity contribution in [2.45, 2.75) is 50.4 Å². The normalized spacial score (nSPS) is 25.2. The minimum absolute atomic E-state index is 0.227. The molecule has 5 heteroatoms.